The molecule has 3 aromatic rings. The van der Waals surface area contributed by atoms with Gasteiger partial charge >= 0.3 is 6.61 Å². The van der Waals surface area contributed by atoms with Crippen molar-refractivity contribution in [2.24, 2.45) is 0 Å². The molecule has 1 aromatic carbocycles. The van der Waals surface area contributed by atoms with E-state index in [4.69, 9.17) is 9.84 Å². The number of carbonyl (C=O) groups excluding carboxylic acids is 1. The lowest BCUT2D eigenvalue weighted by Gasteiger charge is -2.24. The van der Waals surface area contributed by atoms with E-state index in [-0.39, 0.29) is 23.2 Å². The Morgan fingerprint density at radius 1 is 1.39 bits per heavy atom. The first kappa shape index (κ1) is 22.1. The smallest absolute Gasteiger partial charge is 0.387 e. The molecule has 2 aromatic heterocycles. The third-order valence-corrected chi connectivity index (χ3v) is 7.36. The summed E-state index contributed by atoms with van der Waals surface area (Å²) in [4.78, 5) is 17.6. The van der Waals surface area contributed by atoms with E-state index < -0.39 is 6.61 Å². The maximum Gasteiger partial charge on any atom is 0.387 e. The maximum absolute atomic E-state index is 13.0. The Hall–Kier alpha value is -2.72. The van der Waals surface area contributed by atoms with E-state index in [1.54, 1.807) is 24.4 Å². The molecule has 2 atom stereocenters. The lowest BCUT2D eigenvalue weighted by Crippen LogP contribution is -2.46. The summed E-state index contributed by atoms with van der Waals surface area (Å²) in [5, 5.41) is 7.92. The lowest BCUT2D eigenvalue weighted by atomic mass is 10.0. The van der Waals surface area contributed by atoms with Gasteiger partial charge in [-0.1, -0.05) is 12.1 Å². The van der Waals surface area contributed by atoms with Crippen LogP contribution in [-0.2, 0) is 4.74 Å². The molecule has 1 amide bonds. The Balaban J connectivity index is 1.55. The molecule has 2 unspecified atom stereocenters. The second-order valence-corrected chi connectivity index (χ2v) is 9.73. The first-order chi connectivity index (χ1) is 15.9. The molecule has 33 heavy (non-hydrogen) atoms. The fourth-order valence-electron chi connectivity index (χ4n) is 4.26. The number of rotatable bonds is 6. The van der Waals surface area contributed by atoms with Gasteiger partial charge in [-0.15, -0.1) is 0 Å². The molecule has 7 nitrogen and oxygen atoms in total. The lowest BCUT2D eigenvalue weighted by molar-refractivity contribution is -0.0498. The van der Waals surface area contributed by atoms with Crippen LogP contribution in [0.1, 0.15) is 36.2 Å². The quantitative estimate of drug-likeness (QED) is 0.575. The average Bonchev–Trinajstić information content (AvgIpc) is 3.52. The van der Waals surface area contributed by atoms with E-state index in [1.807, 2.05) is 16.4 Å². The number of aromatic nitrogens is 3. The number of fused-ring (bicyclic) bond motifs is 1. The van der Waals surface area contributed by atoms with Crippen LogP contribution in [0.5, 0.6) is 5.75 Å². The molecule has 0 bridgehead atoms. The molecule has 5 rings (SSSR count). The normalized spacial score (nSPS) is 22.8. The highest BCUT2D eigenvalue weighted by atomic mass is 32.2. The van der Waals surface area contributed by atoms with Gasteiger partial charge in [-0.2, -0.15) is 25.6 Å². The van der Waals surface area contributed by atoms with E-state index in [2.05, 4.69) is 22.0 Å². The maximum atomic E-state index is 13.0. The van der Waals surface area contributed by atoms with Crippen molar-refractivity contribution in [3.8, 4) is 17.0 Å². The van der Waals surface area contributed by atoms with Crippen molar-refractivity contribution in [1.82, 2.24) is 20.1 Å². The van der Waals surface area contributed by atoms with Crippen molar-refractivity contribution < 1.29 is 23.0 Å². The molecular weight excluding hydrogens is 450 g/mol. The van der Waals surface area contributed by atoms with Crippen LogP contribution < -0.4 is 10.1 Å². The van der Waals surface area contributed by atoms with Crippen LogP contribution in [0.15, 0.2) is 36.5 Å². The van der Waals surface area contributed by atoms with Crippen LogP contribution >= 0.6 is 11.8 Å². The summed E-state index contributed by atoms with van der Waals surface area (Å²) in [5.74, 6) is 1.79. The zero-order valence-electron chi connectivity index (χ0n) is 18.1. The minimum Gasteiger partial charge on any atom is -0.435 e. The highest BCUT2D eigenvalue weighted by Gasteiger charge is 2.31. The van der Waals surface area contributed by atoms with E-state index in [9.17, 15) is 13.6 Å². The monoisotopic (exact) mass is 474 g/mol. The first-order valence-corrected chi connectivity index (χ1v) is 12.0. The number of halogens is 2. The van der Waals surface area contributed by atoms with Crippen LogP contribution in [0, 0.1) is 0 Å². The Bertz CT molecular complexity index is 1170. The molecule has 2 aliphatic heterocycles. The van der Waals surface area contributed by atoms with E-state index in [1.165, 1.54) is 12.1 Å². The molecule has 1 N–H and O–H groups in total. The summed E-state index contributed by atoms with van der Waals surface area (Å²) in [6, 6.07) is 8.21. The second kappa shape index (κ2) is 8.90. The summed E-state index contributed by atoms with van der Waals surface area (Å²) >= 11 is 1.83. The minimum atomic E-state index is -2.91. The molecule has 10 heteroatoms. The summed E-state index contributed by atoms with van der Waals surface area (Å²) in [6.07, 6.45) is 3.26. The zero-order valence-corrected chi connectivity index (χ0v) is 18.9. The molecule has 174 valence electrons. The molecule has 2 aliphatic rings. The van der Waals surface area contributed by atoms with Crippen LogP contribution in [0.2, 0.25) is 0 Å². The zero-order chi connectivity index (χ0) is 23.0. The van der Waals surface area contributed by atoms with E-state index in [0.717, 1.165) is 24.3 Å². The number of amides is 1. The van der Waals surface area contributed by atoms with Gasteiger partial charge in [0.15, 0.2) is 0 Å². The Labute approximate surface area is 193 Å². The molecular formula is C23H24F2N4O3S. The molecule has 2 fully saturated rings. The van der Waals surface area contributed by atoms with Crippen LogP contribution in [0.4, 0.5) is 8.78 Å². The SMILES string of the molecule is CC1(NC(=O)c2cnc3c(-c4cccc(OC(F)F)c4)nn(C4CCOC4)c3c2)CCSC1. The summed E-state index contributed by atoms with van der Waals surface area (Å²) in [5.41, 5.74) is 2.68. The fraction of sp³-hybridized carbons (Fsp3) is 0.435. The van der Waals surface area contributed by atoms with Gasteiger partial charge in [0.1, 0.15) is 17.0 Å². The predicted octanol–water partition coefficient (Wildman–Crippen LogP) is 4.29. The van der Waals surface area contributed by atoms with Gasteiger partial charge in [-0.3, -0.25) is 14.5 Å². The third-order valence-electron chi connectivity index (χ3n) is 6.03. The van der Waals surface area contributed by atoms with Crippen LogP contribution in [0.25, 0.3) is 22.3 Å². The van der Waals surface area contributed by atoms with Gasteiger partial charge in [-0.25, -0.2) is 0 Å². The summed E-state index contributed by atoms with van der Waals surface area (Å²) in [6.45, 7) is 0.285. The standard InChI is InChI=1S/C23H24F2N4O3S/c1-23(6-8-33-13-23)27-21(30)15-10-18-20(26-11-15)19(28-29(18)16-5-7-31-12-16)14-3-2-4-17(9-14)32-22(24)25/h2-4,9-11,16,22H,5-8,12-13H2,1H3,(H,27,30). The topological polar surface area (TPSA) is 78.3 Å². The Kier molecular flexibility index (Phi) is 5.96. The van der Waals surface area contributed by atoms with Crippen LogP contribution in [-0.4, -0.2) is 57.5 Å². The third kappa shape index (κ3) is 4.54. The number of benzene rings is 1. The molecule has 2 saturated heterocycles. The molecule has 4 heterocycles. The van der Waals surface area contributed by atoms with Gasteiger partial charge in [0.05, 0.1) is 23.7 Å². The van der Waals surface area contributed by atoms with Gasteiger partial charge in [0, 0.05) is 29.7 Å². The largest absolute Gasteiger partial charge is 0.435 e. The van der Waals surface area contributed by atoms with Crippen molar-refractivity contribution >= 4 is 28.7 Å². The van der Waals surface area contributed by atoms with Gasteiger partial charge < -0.3 is 14.8 Å². The van der Waals surface area contributed by atoms with Gasteiger partial charge in [-0.05, 0) is 43.7 Å². The molecule has 0 aliphatic carbocycles. The Morgan fingerprint density at radius 3 is 3.00 bits per heavy atom. The van der Waals surface area contributed by atoms with Crippen molar-refractivity contribution in [1.29, 1.82) is 0 Å². The number of nitrogens with zero attached hydrogens (tertiary/aromatic N) is 3. The molecule has 0 saturated carbocycles. The fourth-order valence-corrected chi connectivity index (χ4v) is 5.67. The highest BCUT2D eigenvalue weighted by Crippen LogP contribution is 2.33. The number of thioether (sulfide) groups is 1. The second-order valence-electron chi connectivity index (χ2n) is 8.63. The first-order valence-electron chi connectivity index (χ1n) is 10.8. The van der Waals surface area contributed by atoms with Gasteiger partial charge in [0.25, 0.3) is 5.91 Å². The summed E-state index contributed by atoms with van der Waals surface area (Å²) < 4.78 is 37.4. The minimum absolute atomic E-state index is 0.00519. The number of pyridine rings is 1. The highest BCUT2D eigenvalue weighted by molar-refractivity contribution is 7.99. The van der Waals surface area contributed by atoms with Crippen molar-refractivity contribution in [2.75, 3.05) is 24.7 Å². The number of nitrogens with one attached hydrogen (secondary N) is 1. The van der Waals surface area contributed by atoms with E-state index in [0.29, 0.717) is 41.1 Å². The number of carbonyl (C=O) groups is 1. The molecule has 0 radical (unpaired) electrons. The van der Waals surface area contributed by atoms with E-state index >= 15 is 0 Å². The Morgan fingerprint density at radius 2 is 2.27 bits per heavy atom. The average molecular weight is 475 g/mol. The van der Waals surface area contributed by atoms with Crippen molar-refractivity contribution in [2.45, 2.75) is 38.0 Å². The summed E-state index contributed by atoms with van der Waals surface area (Å²) in [7, 11) is 0. The van der Waals surface area contributed by atoms with Gasteiger partial charge in [0.2, 0.25) is 0 Å². The predicted molar refractivity (Wildman–Crippen MR) is 122 cm³/mol. The van der Waals surface area contributed by atoms with Crippen LogP contribution in [0.3, 0.4) is 0 Å². The number of alkyl halides is 2. The number of hydrogen-bond acceptors (Lipinski definition) is 6. The van der Waals surface area contributed by atoms with Crippen molar-refractivity contribution in [3.63, 3.8) is 0 Å². The number of hydrogen-bond donors (Lipinski definition) is 1. The van der Waals surface area contributed by atoms with Crippen molar-refractivity contribution in [3.05, 3.63) is 42.1 Å². The molecule has 0 spiro atoms. The number of ether oxygens (including phenoxy) is 2.